The molecule has 0 aromatic rings. The van der Waals surface area contributed by atoms with Gasteiger partial charge >= 0.3 is 12.1 Å². The fourth-order valence-electron chi connectivity index (χ4n) is 5.07. The molecule has 1 N–H and O–H groups in total. The second-order valence-corrected chi connectivity index (χ2v) is 8.37. The van der Waals surface area contributed by atoms with Gasteiger partial charge in [-0.2, -0.15) is 13.2 Å². The zero-order chi connectivity index (χ0) is 18.3. The molecule has 1 unspecified atom stereocenters. The first-order valence-electron chi connectivity index (χ1n) is 9.28. The van der Waals surface area contributed by atoms with Crippen molar-refractivity contribution in [3.8, 4) is 0 Å². The zero-order valence-corrected chi connectivity index (χ0v) is 15.0. The third kappa shape index (κ3) is 3.68. The minimum atomic E-state index is -4.86. The summed E-state index contributed by atoms with van der Waals surface area (Å²) >= 11 is 0. The Hall–Kier alpha value is -0.820. The number of rotatable bonds is 5. The largest absolute Gasteiger partial charge is 0.471 e. The summed E-state index contributed by atoms with van der Waals surface area (Å²) in [5, 5.41) is 2.37. The van der Waals surface area contributed by atoms with Gasteiger partial charge in [-0.3, -0.25) is 4.79 Å². The Kier molecular flexibility index (Phi) is 5.10. The van der Waals surface area contributed by atoms with Crippen LogP contribution in [0.2, 0.25) is 0 Å². The van der Waals surface area contributed by atoms with Crippen LogP contribution < -0.4 is 5.32 Å². The van der Waals surface area contributed by atoms with Crippen LogP contribution in [0.1, 0.15) is 58.8 Å². The van der Waals surface area contributed by atoms with E-state index < -0.39 is 17.6 Å². The van der Waals surface area contributed by atoms with Gasteiger partial charge < -0.3 is 14.8 Å². The van der Waals surface area contributed by atoms with Gasteiger partial charge in [-0.15, -0.1) is 0 Å². The lowest BCUT2D eigenvalue weighted by atomic mass is 9.42. The Labute approximate surface area is 146 Å². The smallest absolute Gasteiger partial charge is 0.353 e. The molecule has 3 aliphatic carbocycles. The van der Waals surface area contributed by atoms with Gasteiger partial charge in [0.15, 0.2) is 6.29 Å². The summed E-state index contributed by atoms with van der Waals surface area (Å²) in [5.41, 5.74) is -0.877. The molecular weight excluding hydrogens is 335 g/mol. The van der Waals surface area contributed by atoms with Gasteiger partial charge in [-0.1, -0.05) is 13.8 Å². The quantitative estimate of drug-likeness (QED) is 0.808. The molecule has 1 aliphatic heterocycles. The van der Waals surface area contributed by atoms with E-state index in [4.69, 9.17) is 9.47 Å². The molecule has 4 fully saturated rings. The lowest BCUT2D eigenvalue weighted by Crippen LogP contribution is -2.69. The first-order valence-corrected chi connectivity index (χ1v) is 9.28. The number of hydrogen-bond donors (Lipinski definition) is 1. The minimum Gasteiger partial charge on any atom is -0.353 e. The van der Waals surface area contributed by atoms with Crippen molar-refractivity contribution in [2.75, 3.05) is 13.2 Å². The Bertz CT molecular complexity index is 500. The van der Waals surface area contributed by atoms with Crippen molar-refractivity contribution in [2.45, 2.75) is 76.8 Å². The highest BCUT2D eigenvalue weighted by Crippen LogP contribution is 2.63. The molecule has 3 saturated carbocycles. The van der Waals surface area contributed by atoms with E-state index in [-0.39, 0.29) is 17.6 Å². The van der Waals surface area contributed by atoms with Crippen LogP contribution in [0.5, 0.6) is 0 Å². The van der Waals surface area contributed by atoms with Crippen LogP contribution in [0.3, 0.4) is 0 Å². The number of amides is 1. The molecule has 144 valence electrons. The van der Waals surface area contributed by atoms with E-state index in [1.54, 1.807) is 0 Å². The van der Waals surface area contributed by atoms with Crippen molar-refractivity contribution < 1.29 is 27.4 Å². The highest BCUT2D eigenvalue weighted by Gasteiger charge is 2.62. The monoisotopic (exact) mass is 363 g/mol. The summed E-state index contributed by atoms with van der Waals surface area (Å²) in [6.07, 6.45) is 0.463. The van der Waals surface area contributed by atoms with E-state index in [2.05, 4.69) is 19.2 Å². The third-order valence-corrected chi connectivity index (χ3v) is 6.69. The van der Waals surface area contributed by atoms with Crippen molar-refractivity contribution in [3.05, 3.63) is 0 Å². The Morgan fingerprint density at radius 3 is 2.60 bits per heavy atom. The SMILES string of the molecule is CC1(C)[C@@H]2CC[C@@](CCOC3CCCCO3)(NC(=O)C(F)(F)F)[C@H]1C2. The summed E-state index contributed by atoms with van der Waals surface area (Å²) < 4.78 is 49.8. The lowest BCUT2D eigenvalue weighted by Gasteiger charge is -2.65. The maximum absolute atomic E-state index is 12.9. The van der Waals surface area contributed by atoms with E-state index >= 15 is 0 Å². The van der Waals surface area contributed by atoms with E-state index in [0.717, 1.165) is 32.1 Å². The second-order valence-electron chi connectivity index (χ2n) is 8.37. The van der Waals surface area contributed by atoms with Crippen LogP contribution in [0, 0.1) is 17.3 Å². The standard InChI is InChI=1S/C18H28F3NO3/c1-16(2)12-6-7-17(13(16)11-12,22-15(23)18(19,20)21)8-10-25-14-5-3-4-9-24-14/h12-14H,3-11H2,1-2H3,(H,22,23)/t12-,13+,14?,17+/m1/s1. The van der Waals surface area contributed by atoms with Crippen LogP contribution in [0.15, 0.2) is 0 Å². The second kappa shape index (κ2) is 6.72. The lowest BCUT2D eigenvalue weighted by molar-refractivity contribution is -0.192. The molecule has 0 spiro atoms. The molecule has 4 nitrogen and oxygen atoms in total. The van der Waals surface area contributed by atoms with Gasteiger partial charge in [0.25, 0.3) is 0 Å². The van der Waals surface area contributed by atoms with E-state index in [0.29, 0.717) is 32.0 Å². The average molecular weight is 363 g/mol. The average Bonchev–Trinajstić information content (AvgIpc) is 2.54. The fourth-order valence-corrected chi connectivity index (χ4v) is 5.07. The van der Waals surface area contributed by atoms with Crippen molar-refractivity contribution in [1.29, 1.82) is 0 Å². The molecule has 4 rings (SSSR count). The maximum Gasteiger partial charge on any atom is 0.471 e. The molecule has 0 aromatic heterocycles. The van der Waals surface area contributed by atoms with Gasteiger partial charge in [0, 0.05) is 12.1 Å². The van der Waals surface area contributed by atoms with Crippen LogP contribution in [-0.4, -0.2) is 37.1 Å². The zero-order valence-electron chi connectivity index (χ0n) is 15.0. The Balaban J connectivity index is 1.67. The molecule has 0 radical (unpaired) electrons. The maximum atomic E-state index is 12.9. The number of carbonyl (C=O) groups excluding carboxylic acids is 1. The predicted octanol–water partition coefficient (Wildman–Crippen LogP) is 3.79. The number of alkyl halides is 3. The van der Waals surface area contributed by atoms with Crippen molar-refractivity contribution >= 4 is 5.91 Å². The number of halogens is 3. The van der Waals surface area contributed by atoms with Gasteiger partial charge in [0.1, 0.15) is 0 Å². The number of hydrogen-bond acceptors (Lipinski definition) is 3. The van der Waals surface area contributed by atoms with Gasteiger partial charge in [-0.05, 0) is 62.2 Å². The van der Waals surface area contributed by atoms with Crippen LogP contribution in [0.4, 0.5) is 13.2 Å². The molecule has 2 bridgehead atoms. The number of carbonyl (C=O) groups is 1. The van der Waals surface area contributed by atoms with E-state index in [9.17, 15) is 18.0 Å². The highest BCUT2D eigenvalue weighted by atomic mass is 19.4. The van der Waals surface area contributed by atoms with Gasteiger partial charge in [-0.25, -0.2) is 0 Å². The van der Waals surface area contributed by atoms with Crippen LogP contribution >= 0.6 is 0 Å². The topological polar surface area (TPSA) is 47.6 Å². The number of nitrogens with one attached hydrogen (secondary N) is 1. The van der Waals surface area contributed by atoms with Crippen LogP contribution in [0.25, 0.3) is 0 Å². The molecule has 1 amide bonds. The first kappa shape index (κ1) is 19.0. The summed E-state index contributed by atoms with van der Waals surface area (Å²) in [5.74, 6) is -1.24. The summed E-state index contributed by atoms with van der Waals surface area (Å²) in [4.78, 5) is 11.7. The molecule has 4 aliphatic rings. The first-order chi connectivity index (χ1) is 11.7. The van der Waals surface area contributed by atoms with Crippen LogP contribution in [-0.2, 0) is 14.3 Å². The Morgan fingerprint density at radius 1 is 1.28 bits per heavy atom. The molecular formula is C18H28F3NO3. The third-order valence-electron chi connectivity index (χ3n) is 6.69. The van der Waals surface area contributed by atoms with Crippen molar-refractivity contribution in [3.63, 3.8) is 0 Å². The van der Waals surface area contributed by atoms with E-state index in [1.807, 2.05) is 0 Å². The fraction of sp³-hybridized carbons (Fsp3) is 0.944. The predicted molar refractivity (Wildman–Crippen MR) is 85.7 cm³/mol. The molecule has 0 aromatic carbocycles. The number of ether oxygens (including phenoxy) is 2. The normalized spacial score (nSPS) is 37.2. The van der Waals surface area contributed by atoms with Crippen molar-refractivity contribution in [1.82, 2.24) is 5.32 Å². The molecule has 7 heteroatoms. The Morgan fingerprint density at radius 2 is 2.04 bits per heavy atom. The number of fused-ring (bicyclic) bond motifs is 2. The summed E-state index contributed by atoms with van der Waals surface area (Å²) in [7, 11) is 0. The van der Waals surface area contributed by atoms with Gasteiger partial charge in [0.2, 0.25) is 0 Å². The van der Waals surface area contributed by atoms with E-state index in [1.165, 1.54) is 0 Å². The highest BCUT2D eigenvalue weighted by molar-refractivity contribution is 5.82. The molecule has 4 atom stereocenters. The minimum absolute atomic E-state index is 0.0432. The molecule has 25 heavy (non-hydrogen) atoms. The van der Waals surface area contributed by atoms with Gasteiger partial charge in [0.05, 0.1) is 6.61 Å². The van der Waals surface area contributed by atoms with Crippen molar-refractivity contribution in [2.24, 2.45) is 17.3 Å². The molecule has 1 saturated heterocycles. The summed E-state index contributed by atoms with van der Waals surface area (Å²) in [6, 6.07) is 0. The molecule has 1 heterocycles. The summed E-state index contributed by atoms with van der Waals surface area (Å²) in [6.45, 7) is 5.17.